The Morgan fingerprint density at radius 3 is 2.83 bits per heavy atom. The zero-order valence-electron chi connectivity index (χ0n) is 17.0. The third-order valence-corrected chi connectivity index (χ3v) is 7.38. The summed E-state index contributed by atoms with van der Waals surface area (Å²) in [5.41, 5.74) is 4.19. The van der Waals surface area contributed by atoms with Gasteiger partial charge in [-0.3, -0.25) is 14.2 Å². The highest BCUT2D eigenvalue weighted by atomic mass is 32.2. The van der Waals surface area contributed by atoms with Gasteiger partial charge in [0.05, 0.1) is 16.8 Å². The second-order valence-electron chi connectivity index (χ2n) is 7.46. The van der Waals surface area contributed by atoms with Crippen LogP contribution in [0.3, 0.4) is 0 Å². The lowest BCUT2D eigenvalue weighted by molar-refractivity contribution is -0.118. The smallest absolute Gasteiger partial charge is 0.267 e. The number of benzene rings is 1. The molecule has 0 bridgehead atoms. The Bertz CT molecular complexity index is 1150. The van der Waals surface area contributed by atoms with Crippen LogP contribution < -0.4 is 10.9 Å². The molecule has 4 rings (SSSR count). The third-order valence-electron chi connectivity index (χ3n) is 5.26. The second kappa shape index (κ2) is 8.32. The zero-order valence-corrected chi connectivity index (χ0v) is 18.6. The van der Waals surface area contributed by atoms with Crippen LogP contribution in [0.15, 0.2) is 28.2 Å². The average Bonchev–Trinajstić information content (AvgIpc) is 3.06. The summed E-state index contributed by atoms with van der Waals surface area (Å²) in [5, 5.41) is 4.17. The lowest BCUT2D eigenvalue weighted by Gasteiger charge is -2.15. The standard InChI is InChI=1S/C22H25N3O2S2/c1-4-23-18(26)12-28-22-24-20-19(15-7-5-6-8-17(15)29-20)21(27)25(22)16-10-9-13(2)11-14(16)3/h9-11H,4-8,12H2,1-3H3,(H,23,26). The molecule has 2 aromatic heterocycles. The Kier molecular flexibility index (Phi) is 5.79. The second-order valence-corrected chi connectivity index (χ2v) is 9.48. The number of aromatic nitrogens is 2. The molecule has 0 unspecified atom stereocenters. The minimum absolute atomic E-state index is 0.0141. The van der Waals surface area contributed by atoms with E-state index < -0.39 is 0 Å². The first-order valence-corrected chi connectivity index (χ1v) is 11.8. The number of aryl methyl sites for hydroxylation is 4. The highest BCUT2D eigenvalue weighted by Crippen LogP contribution is 2.35. The van der Waals surface area contributed by atoms with Gasteiger partial charge in [-0.05, 0) is 63.6 Å². The molecule has 0 radical (unpaired) electrons. The van der Waals surface area contributed by atoms with Crippen LogP contribution in [-0.4, -0.2) is 27.8 Å². The van der Waals surface area contributed by atoms with Gasteiger partial charge in [0.1, 0.15) is 4.83 Å². The lowest BCUT2D eigenvalue weighted by atomic mass is 9.97. The molecule has 0 atom stereocenters. The molecule has 1 amide bonds. The molecule has 1 N–H and O–H groups in total. The number of thiophene rings is 1. The van der Waals surface area contributed by atoms with Gasteiger partial charge < -0.3 is 5.32 Å². The number of amides is 1. The van der Waals surface area contributed by atoms with Crippen molar-refractivity contribution in [2.45, 2.75) is 51.6 Å². The highest BCUT2D eigenvalue weighted by molar-refractivity contribution is 7.99. The normalized spacial score (nSPS) is 13.5. The maximum atomic E-state index is 13.7. The maximum absolute atomic E-state index is 13.7. The van der Waals surface area contributed by atoms with E-state index in [0.29, 0.717) is 11.7 Å². The number of nitrogens with zero attached hydrogens (tertiary/aromatic N) is 2. The van der Waals surface area contributed by atoms with Gasteiger partial charge in [0.2, 0.25) is 5.91 Å². The lowest BCUT2D eigenvalue weighted by Crippen LogP contribution is -2.26. The van der Waals surface area contributed by atoms with Crippen molar-refractivity contribution in [1.82, 2.24) is 14.9 Å². The molecule has 0 saturated carbocycles. The predicted octanol–water partition coefficient (Wildman–Crippen LogP) is 4.17. The summed E-state index contributed by atoms with van der Waals surface area (Å²) in [4.78, 5) is 32.7. The first-order chi connectivity index (χ1) is 14.0. The van der Waals surface area contributed by atoms with E-state index in [-0.39, 0.29) is 17.2 Å². The molecule has 1 aliphatic rings. The van der Waals surface area contributed by atoms with Gasteiger partial charge in [0.25, 0.3) is 5.56 Å². The molecule has 1 aromatic carbocycles. The highest BCUT2D eigenvalue weighted by Gasteiger charge is 2.23. The molecule has 1 aliphatic carbocycles. The molecule has 7 heteroatoms. The summed E-state index contributed by atoms with van der Waals surface area (Å²) in [6.07, 6.45) is 4.27. The van der Waals surface area contributed by atoms with Gasteiger partial charge in [-0.25, -0.2) is 4.98 Å². The van der Waals surface area contributed by atoms with E-state index in [1.54, 1.807) is 15.9 Å². The average molecular weight is 428 g/mol. The van der Waals surface area contributed by atoms with Crippen molar-refractivity contribution in [3.63, 3.8) is 0 Å². The molecule has 2 heterocycles. The predicted molar refractivity (Wildman–Crippen MR) is 121 cm³/mol. The summed E-state index contributed by atoms with van der Waals surface area (Å²) in [7, 11) is 0. The van der Waals surface area contributed by atoms with E-state index in [1.807, 2.05) is 32.9 Å². The van der Waals surface area contributed by atoms with E-state index in [4.69, 9.17) is 4.98 Å². The minimum Gasteiger partial charge on any atom is -0.356 e. The number of carbonyl (C=O) groups excluding carboxylic acids is 1. The maximum Gasteiger partial charge on any atom is 0.267 e. The molecule has 5 nitrogen and oxygen atoms in total. The van der Waals surface area contributed by atoms with Crippen LogP contribution in [0.4, 0.5) is 0 Å². The Hall–Kier alpha value is -2.12. The number of fused-ring (bicyclic) bond motifs is 3. The SMILES string of the molecule is CCNC(=O)CSc1nc2sc3c(c2c(=O)n1-c1ccc(C)cc1C)CCCC3. The minimum atomic E-state index is -0.0514. The van der Waals surface area contributed by atoms with Crippen molar-refractivity contribution in [3.05, 3.63) is 50.1 Å². The fourth-order valence-electron chi connectivity index (χ4n) is 3.93. The quantitative estimate of drug-likeness (QED) is 0.490. The van der Waals surface area contributed by atoms with Crippen LogP contribution in [0.5, 0.6) is 0 Å². The monoisotopic (exact) mass is 427 g/mol. The number of hydrogen-bond acceptors (Lipinski definition) is 5. The van der Waals surface area contributed by atoms with Crippen molar-refractivity contribution < 1.29 is 4.79 Å². The van der Waals surface area contributed by atoms with Gasteiger partial charge in [0, 0.05) is 11.4 Å². The fraction of sp³-hybridized carbons (Fsp3) is 0.409. The Morgan fingerprint density at radius 1 is 1.28 bits per heavy atom. The largest absolute Gasteiger partial charge is 0.356 e. The summed E-state index contributed by atoms with van der Waals surface area (Å²) in [6, 6.07) is 6.07. The van der Waals surface area contributed by atoms with Crippen LogP contribution in [0.25, 0.3) is 15.9 Å². The van der Waals surface area contributed by atoms with Gasteiger partial charge in [0.15, 0.2) is 5.16 Å². The van der Waals surface area contributed by atoms with E-state index >= 15 is 0 Å². The Balaban J connectivity index is 1.91. The van der Waals surface area contributed by atoms with Crippen molar-refractivity contribution >= 4 is 39.2 Å². The fourth-order valence-corrected chi connectivity index (χ4v) is 6.07. The number of carbonyl (C=O) groups is 1. The van der Waals surface area contributed by atoms with Crippen molar-refractivity contribution in [2.24, 2.45) is 0 Å². The summed E-state index contributed by atoms with van der Waals surface area (Å²) in [6.45, 7) is 6.54. The molecule has 0 aliphatic heterocycles. The van der Waals surface area contributed by atoms with Crippen LogP contribution in [-0.2, 0) is 17.6 Å². The molecule has 152 valence electrons. The number of hydrogen-bond donors (Lipinski definition) is 1. The van der Waals surface area contributed by atoms with Crippen molar-refractivity contribution in [2.75, 3.05) is 12.3 Å². The zero-order chi connectivity index (χ0) is 20.5. The van der Waals surface area contributed by atoms with Crippen LogP contribution in [0, 0.1) is 13.8 Å². The van der Waals surface area contributed by atoms with Crippen LogP contribution in [0.2, 0.25) is 0 Å². The third kappa shape index (κ3) is 3.85. The summed E-state index contributed by atoms with van der Waals surface area (Å²) in [5.74, 6) is 0.186. The van der Waals surface area contributed by atoms with Crippen LogP contribution in [0.1, 0.15) is 41.3 Å². The number of rotatable bonds is 5. The van der Waals surface area contributed by atoms with E-state index in [2.05, 4.69) is 11.4 Å². The summed E-state index contributed by atoms with van der Waals surface area (Å²) >= 11 is 2.97. The molecule has 0 fully saturated rings. The van der Waals surface area contributed by atoms with E-state index in [1.165, 1.54) is 28.6 Å². The number of nitrogens with one attached hydrogen (secondary N) is 1. The Labute approximate surface area is 178 Å². The molecule has 0 saturated heterocycles. The number of thioether (sulfide) groups is 1. The van der Waals surface area contributed by atoms with Gasteiger partial charge in [-0.2, -0.15) is 0 Å². The molecular formula is C22H25N3O2S2. The summed E-state index contributed by atoms with van der Waals surface area (Å²) < 4.78 is 1.71. The Morgan fingerprint density at radius 2 is 2.07 bits per heavy atom. The first kappa shape index (κ1) is 20.2. The van der Waals surface area contributed by atoms with E-state index in [0.717, 1.165) is 46.3 Å². The van der Waals surface area contributed by atoms with Crippen molar-refractivity contribution in [1.29, 1.82) is 0 Å². The molecule has 0 spiro atoms. The van der Waals surface area contributed by atoms with Crippen molar-refractivity contribution in [3.8, 4) is 5.69 Å². The molecular weight excluding hydrogens is 402 g/mol. The first-order valence-electron chi connectivity index (χ1n) is 10.0. The van der Waals surface area contributed by atoms with E-state index in [9.17, 15) is 9.59 Å². The molecule has 29 heavy (non-hydrogen) atoms. The van der Waals surface area contributed by atoms with Gasteiger partial charge in [-0.1, -0.05) is 29.5 Å². The van der Waals surface area contributed by atoms with Gasteiger partial charge in [-0.15, -0.1) is 11.3 Å². The van der Waals surface area contributed by atoms with Crippen LogP contribution >= 0.6 is 23.1 Å². The topological polar surface area (TPSA) is 64.0 Å². The van der Waals surface area contributed by atoms with Gasteiger partial charge >= 0.3 is 0 Å². The molecule has 3 aromatic rings.